The second-order valence-electron chi connectivity index (χ2n) is 8.05. The Hall–Kier alpha value is -3.61. The number of fused-ring (bicyclic) bond motifs is 1. The molecule has 1 fully saturated rings. The fourth-order valence-electron chi connectivity index (χ4n) is 3.70. The van der Waals surface area contributed by atoms with E-state index in [1.807, 2.05) is 24.3 Å². The summed E-state index contributed by atoms with van der Waals surface area (Å²) in [5.74, 6) is -0.430. The predicted molar refractivity (Wildman–Crippen MR) is 128 cm³/mol. The number of morpholine rings is 1. The van der Waals surface area contributed by atoms with Gasteiger partial charge in [-0.25, -0.2) is 4.52 Å². The monoisotopic (exact) mass is 480 g/mol. The molecule has 2 N–H and O–H groups in total. The quantitative estimate of drug-likeness (QED) is 0.433. The number of ether oxygens (including phenoxy) is 1. The number of hydrogen-bond acceptors (Lipinski definition) is 8. The first kappa shape index (κ1) is 22.2. The summed E-state index contributed by atoms with van der Waals surface area (Å²) in [6.07, 6.45) is 8.70. The van der Waals surface area contributed by atoms with Crippen LogP contribution in [-0.2, 0) is 16.6 Å². The van der Waals surface area contributed by atoms with Gasteiger partial charge in [0.15, 0.2) is 0 Å². The van der Waals surface area contributed by atoms with Crippen LogP contribution in [0.15, 0.2) is 37.1 Å². The smallest absolute Gasteiger partial charge is 0.260 e. The standard InChI is InChI=1S/C22H24N8O3S/c1-14-18(7-16(9-23-14)26-20(31)13-29-3-5-33-6-4-29)27-21(32)17-10-25-30-12-19(34-22(17)30)15-8-24-28(2)11-15/h7-12H,3-6,13H2,1-2H3,(H,26,31)(H,27,32). The number of carbonyl (C=O) groups excluding carboxylic acids is 2. The van der Waals surface area contributed by atoms with Gasteiger partial charge in [0.05, 0.1) is 65.9 Å². The molecule has 0 bridgehead atoms. The minimum Gasteiger partial charge on any atom is -0.379 e. The summed E-state index contributed by atoms with van der Waals surface area (Å²) in [5, 5.41) is 14.3. The first-order chi connectivity index (χ1) is 16.5. The summed E-state index contributed by atoms with van der Waals surface area (Å²) in [4.78, 5) is 33.6. The van der Waals surface area contributed by atoms with E-state index in [2.05, 4.69) is 25.8 Å². The van der Waals surface area contributed by atoms with Crippen molar-refractivity contribution in [2.75, 3.05) is 43.5 Å². The fraction of sp³-hybridized carbons (Fsp3) is 0.318. The topological polar surface area (TPSA) is 119 Å². The molecule has 2 amide bonds. The minimum absolute atomic E-state index is 0.135. The molecule has 1 aliphatic rings. The largest absolute Gasteiger partial charge is 0.379 e. The van der Waals surface area contributed by atoms with Crippen LogP contribution in [0.5, 0.6) is 0 Å². The van der Waals surface area contributed by atoms with Crippen LogP contribution < -0.4 is 10.6 Å². The Labute approximate surface area is 199 Å². The van der Waals surface area contributed by atoms with E-state index in [9.17, 15) is 9.59 Å². The normalized spacial score (nSPS) is 14.4. The Balaban J connectivity index is 1.30. The van der Waals surface area contributed by atoms with Crippen LogP contribution in [0, 0.1) is 6.92 Å². The van der Waals surface area contributed by atoms with E-state index in [1.165, 1.54) is 11.3 Å². The van der Waals surface area contributed by atoms with Crippen molar-refractivity contribution in [3.63, 3.8) is 0 Å². The summed E-state index contributed by atoms with van der Waals surface area (Å²) in [7, 11) is 1.86. The molecular formula is C22H24N8O3S. The molecular weight excluding hydrogens is 456 g/mol. The zero-order chi connectivity index (χ0) is 23.7. The highest BCUT2D eigenvalue weighted by Crippen LogP contribution is 2.30. The van der Waals surface area contributed by atoms with Gasteiger partial charge in [0, 0.05) is 38.1 Å². The number of carbonyl (C=O) groups is 2. The fourth-order valence-corrected chi connectivity index (χ4v) is 4.74. The molecule has 11 nitrogen and oxygen atoms in total. The summed E-state index contributed by atoms with van der Waals surface area (Å²) < 4.78 is 8.73. The van der Waals surface area contributed by atoms with E-state index >= 15 is 0 Å². The van der Waals surface area contributed by atoms with Crippen LogP contribution >= 0.6 is 11.3 Å². The van der Waals surface area contributed by atoms with Gasteiger partial charge in [-0.05, 0) is 13.0 Å². The molecule has 1 saturated heterocycles. The van der Waals surface area contributed by atoms with Gasteiger partial charge >= 0.3 is 0 Å². The van der Waals surface area contributed by atoms with Crippen LogP contribution in [0.3, 0.4) is 0 Å². The molecule has 0 radical (unpaired) electrons. The molecule has 34 heavy (non-hydrogen) atoms. The molecule has 0 spiro atoms. The van der Waals surface area contributed by atoms with Gasteiger partial charge in [0.25, 0.3) is 5.91 Å². The van der Waals surface area contributed by atoms with Crippen molar-refractivity contribution in [2.24, 2.45) is 7.05 Å². The van der Waals surface area contributed by atoms with Crippen molar-refractivity contribution >= 4 is 39.4 Å². The molecule has 12 heteroatoms. The molecule has 0 aliphatic carbocycles. The number of hydrogen-bond donors (Lipinski definition) is 2. The second-order valence-corrected chi connectivity index (χ2v) is 9.08. The van der Waals surface area contributed by atoms with Crippen molar-refractivity contribution in [1.29, 1.82) is 0 Å². The average molecular weight is 481 g/mol. The lowest BCUT2D eigenvalue weighted by Crippen LogP contribution is -2.41. The molecule has 1 aliphatic heterocycles. The second kappa shape index (κ2) is 9.33. The van der Waals surface area contributed by atoms with E-state index < -0.39 is 0 Å². The van der Waals surface area contributed by atoms with E-state index in [4.69, 9.17) is 4.74 Å². The highest BCUT2D eigenvalue weighted by atomic mass is 32.1. The number of pyridine rings is 1. The number of aromatic nitrogens is 5. The van der Waals surface area contributed by atoms with Gasteiger partial charge in [-0.1, -0.05) is 0 Å². The number of nitrogens with one attached hydrogen (secondary N) is 2. The zero-order valence-electron chi connectivity index (χ0n) is 18.8. The first-order valence-electron chi connectivity index (χ1n) is 10.8. The number of aryl methyl sites for hydroxylation is 2. The van der Waals surface area contributed by atoms with Gasteiger partial charge in [-0.15, -0.1) is 11.3 Å². The molecule has 5 rings (SSSR count). The maximum Gasteiger partial charge on any atom is 0.260 e. The number of rotatable bonds is 6. The molecule has 0 saturated carbocycles. The van der Waals surface area contributed by atoms with E-state index in [-0.39, 0.29) is 18.4 Å². The minimum atomic E-state index is -0.295. The van der Waals surface area contributed by atoms with Gasteiger partial charge in [-0.3, -0.25) is 24.2 Å². The Morgan fingerprint density at radius 2 is 1.94 bits per heavy atom. The van der Waals surface area contributed by atoms with Crippen LogP contribution in [0.2, 0.25) is 0 Å². The highest BCUT2D eigenvalue weighted by molar-refractivity contribution is 7.21. The van der Waals surface area contributed by atoms with Crippen LogP contribution in [-0.4, -0.2) is 73.9 Å². The summed E-state index contributed by atoms with van der Waals surface area (Å²) in [6.45, 7) is 4.80. The number of nitrogens with zero attached hydrogens (tertiary/aromatic N) is 6. The molecule has 0 unspecified atom stereocenters. The maximum atomic E-state index is 13.1. The molecule has 176 valence electrons. The van der Waals surface area contributed by atoms with E-state index in [1.54, 1.807) is 40.8 Å². The summed E-state index contributed by atoms with van der Waals surface area (Å²) >= 11 is 1.47. The zero-order valence-corrected chi connectivity index (χ0v) is 19.6. The van der Waals surface area contributed by atoms with Crippen molar-refractivity contribution in [2.45, 2.75) is 6.92 Å². The van der Waals surface area contributed by atoms with Crippen LogP contribution in [0.4, 0.5) is 11.4 Å². The average Bonchev–Trinajstić information content (AvgIpc) is 3.52. The SMILES string of the molecule is Cc1ncc(NC(=O)CN2CCOCC2)cc1NC(=O)c1cnn2cc(-c3cnn(C)c3)sc12. The number of amides is 2. The predicted octanol–water partition coefficient (Wildman–Crippen LogP) is 2.02. The molecule has 0 aromatic carbocycles. The number of anilines is 2. The third-order valence-electron chi connectivity index (χ3n) is 5.52. The highest BCUT2D eigenvalue weighted by Gasteiger charge is 2.19. The Bertz CT molecular complexity index is 1350. The van der Waals surface area contributed by atoms with E-state index in [0.29, 0.717) is 35.8 Å². The lowest BCUT2D eigenvalue weighted by Gasteiger charge is -2.25. The maximum absolute atomic E-state index is 13.1. The van der Waals surface area contributed by atoms with Crippen molar-refractivity contribution in [3.8, 4) is 10.4 Å². The third kappa shape index (κ3) is 4.69. The summed E-state index contributed by atoms with van der Waals surface area (Å²) in [5.41, 5.74) is 3.11. The summed E-state index contributed by atoms with van der Waals surface area (Å²) in [6, 6.07) is 1.72. The van der Waals surface area contributed by atoms with Gasteiger partial charge in [-0.2, -0.15) is 10.2 Å². The van der Waals surface area contributed by atoms with Crippen LogP contribution in [0.1, 0.15) is 16.1 Å². The first-order valence-corrected chi connectivity index (χ1v) is 11.6. The van der Waals surface area contributed by atoms with Crippen molar-refractivity contribution in [1.82, 2.24) is 29.3 Å². The Morgan fingerprint density at radius 1 is 1.12 bits per heavy atom. The van der Waals surface area contributed by atoms with Crippen molar-refractivity contribution in [3.05, 3.63) is 48.3 Å². The lowest BCUT2D eigenvalue weighted by molar-refractivity contribution is -0.118. The molecule has 4 aromatic rings. The van der Waals surface area contributed by atoms with Gasteiger partial charge in [0.1, 0.15) is 4.83 Å². The van der Waals surface area contributed by atoms with Gasteiger partial charge < -0.3 is 15.4 Å². The lowest BCUT2D eigenvalue weighted by atomic mass is 10.2. The molecule has 4 aromatic heterocycles. The van der Waals surface area contributed by atoms with Gasteiger partial charge in [0.2, 0.25) is 5.91 Å². The molecule has 5 heterocycles. The van der Waals surface area contributed by atoms with Crippen LogP contribution in [0.25, 0.3) is 15.3 Å². The molecule has 0 atom stereocenters. The Morgan fingerprint density at radius 3 is 2.71 bits per heavy atom. The van der Waals surface area contributed by atoms with Crippen molar-refractivity contribution < 1.29 is 14.3 Å². The van der Waals surface area contributed by atoms with E-state index in [0.717, 1.165) is 28.4 Å². The number of thiazole rings is 1. The third-order valence-corrected chi connectivity index (χ3v) is 6.68. The Kier molecular flexibility index (Phi) is 6.09.